The van der Waals surface area contributed by atoms with Crippen LogP contribution >= 0.6 is 0 Å². The van der Waals surface area contributed by atoms with Gasteiger partial charge in [-0.25, -0.2) is 0 Å². The molecule has 3 heteroatoms. The molecule has 0 bridgehead atoms. The quantitative estimate of drug-likeness (QED) is 0.848. The highest BCUT2D eigenvalue weighted by atomic mass is 16.5. The summed E-state index contributed by atoms with van der Waals surface area (Å²) in [6.07, 6.45) is 4.73. The molecule has 0 unspecified atom stereocenters. The largest absolute Gasteiger partial charge is 0.456 e. The number of carbonyl (C=O) groups excluding carboxylic acids is 2. The Hall–Kier alpha value is -3.20. The molecule has 23 heavy (non-hydrogen) atoms. The minimum Gasteiger partial charge on any atom is -0.456 e. The number of para-hydroxylation sites is 1. The first-order chi connectivity index (χ1) is 11.3. The molecule has 2 aliphatic carbocycles. The van der Waals surface area contributed by atoms with Crippen LogP contribution in [0.3, 0.4) is 0 Å². The number of fused-ring (bicyclic) bond motifs is 2. The van der Waals surface area contributed by atoms with Crippen LogP contribution in [-0.2, 0) is 4.79 Å². The predicted octanol–water partition coefficient (Wildman–Crippen LogP) is 3.74. The molecule has 3 nitrogen and oxygen atoms in total. The van der Waals surface area contributed by atoms with E-state index in [9.17, 15) is 9.59 Å². The number of ether oxygens (including phenoxy) is 1. The molecule has 110 valence electrons. The Kier molecular flexibility index (Phi) is 3.05. The van der Waals surface area contributed by atoms with Gasteiger partial charge in [0.25, 0.3) is 0 Å². The van der Waals surface area contributed by atoms with Crippen molar-refractivity contribution in [1.29, 1.82) is 0 Å². The van der Waals surface area contributed by atoms with E-state index in [-0.39, 0.29) is 11.6 Å². The minimum absolute atomic E-state index is 0.145. The molecule has 0 saturated carbocycles. The molecular weight excluding hydrogens is 288 g/mol. The topological polar surface area (TPSA) is 43.4 Å². The first-order valence-corrected chi connectivity index (χ1v) is 7.30. The third-order valence-corrected chi connectivity index (χ3v) is 3.88. The molecule has 4 rings (SSSR count). The SMILES string of the molecule is O=C1C=CC=C2C(=O)c3ccccc3C(Oc3ccccc3)=C12. The molecule has 0 aromatic heterocycles. The van der Waals surface area contributed by atoms with E-state index in [0.29, 0.717) is 33.8 Å². The monoisotopic (exact) mass is 300 g/mol. The summed E-state index contributed by atoms with van der Waals surface area (Å²) in [6.45, 7) is 0. The standard InChI is InChI=1S/C20H12O3/c21-17-12-6-11-16-18(17)20(23-13-7-2-1-3-8-13)15-10-5-4-9-14(15)19(16)22/h1-12H. The summed E-state index contributed by atoms with van der Waals surface area (Å²) < 4.78 is 6.00. The summed E-state index contributed by atoms with van der Waals surface area (Å²) in [4.78, 5) is 25.0. The van der Waals surface area contributed by atoms with Gasteiger partial charge < -0.3 is 4.74 Å². The fourth-order valence-electron chi connectivity index (χ4n) is 2.83. The lowest BCUT2D eigenvalue weighted by Gasteiger charge is -2.24. The van der Waals surface area contributed by atoms with E-state index in [1.807, 2.05) is 42.5 Å². The number of hydrogen-bond donors (Lipinski definition) is 0. The van der Waals surface area contributed by atoms with Crippen LogP contribution in [0.1, 0.15) is 15.9 Å². The smallest absolute Gasteiger partial charge is 0.194 e. The van der Waals surface area contributed by atoms with Crippen molar-refractivity contribution >= 4 is 17.3 Å². The summed E-state index contributed by atoms with van der Waals surface area (Å²) >= 11 is 0. The second kappa shape index (κ2) is 5.21. The Bertz CT molecular complexity index is 915. The lowest BCUT2D eigenvalue weighted by molar-refractivity contribution is -0.111. The van der Waals surface area contributed by atoms with Crippen molar-refractivity contribution in [2.75, 3.05) is 0 Å². The van der Waals surface area contributed by atoms with Crippen molar-refractivity contribution in [2.24, 2.45) is 0 Å². The van der Waals surface area contributed by atoms with Crippen molar-refractivity contribution in [1.82, 2.24) is 0 Å². The molecule has 0 N–H and O–H groups in total. The van der Waals surface area contributed by atoms with Crippen molar-refractivity contribution in [3.63, 3.8) is 0 Å². The zero-order chi connectivity index (χ0) is 15.8. The predicted molar refractivity (Wildman–Crippen MR) is 87.0 cm³/mol. The Morgan fingerprint density at radius 3 is 2.26 bits per heavy atom. The number of Topliss-reactive ketones (excluding diaryl/α,β-unsaturated/α-hetero) is 1. The van der Waals surface area contributed by atoms with Gasteiger partial charge >= 0.3 is 0 Å². The van der Waals surface area contributed by atoms with E-state index >= 15 is 0 Å². The van der Waals surface area contributed by atoms with Gasteiger partial charge in [-0.1, -0.05) is 54.6 Å². The number of benzene rings is 2. The van der Waals surface area contributed by atoms with Crippen LogP contribution in [-0.4, -0.2) is 11.6 Å². The third-order valence-electron chi connectivity index (χ3n) is 3.88. The average Bonchev–Trinajstić information content (AvgIpc) is 2.60. The average molecular weight is 300 g/mol. The highest BCUT2D eigenvalue weighted by molar-refractivity contribution is 6.28. The zero-order valence-corrected chi connectivity index (χ0v) is 12.2. The minimum atomic E-state index is -0.212. The molecule has 2 aromatic carbocycles. The van der Waals surface area contributed by atoms with Crippen molar-refractivity contribution < 1.29 is 14.3 Å². The fourth-order valence-corrected chi connectivity index (χ4v) is 2.83. The highest BCUT2D eigenvalue weighted by Crippen LogP contribution is 2.37. The van der Waals surface area contributed by atoms with Crippen molar-refractivity contribution in [3.8, 4) is 5.75 Å². The van der Waals surface area contributed by atoms with Gasteiger partial charge in [0, 0.05) is 16.7 Å². The number of ketones is 2. The van der Waals surface area contributed by atoms with E-state index in [1.54, 1.807) is 24.3 Å². The summed E-state index contributed by atoms with van der Waals surface area (Å²) in [5, 5.41) is 0. The van der Waals surface area contributed by atoms with Crippen LogP contribution in [0.25, 0.3) is 5.76 Å². The molecule has 0 atom stereocenters. The Balaban J connectivity index is 1.96. The van der Waals surface area contributed by atoms with Gasteiger partial charge in [0.15, 0.2) is 11.6 Å². The Labute approximate surface area is 133 Å². The first kappa shape index (κ1) is 13.5. The summed E-state index contributed by atoms with van der Waals surface area (Å²) in [5.41, 5.74) is 1.93. The van der Waals surface area contributed by atoms with E-state index in [2.05, 4.69) is 0 Å². The van der Waals surface area contributed by atoms with Gasteiger partial charge in [0.1, 0.15) is 11.5 Å². The van der Waals surface area contributed by atoms with Gasteiger partial charge in [0.05, 0.1) is 5.57 Å². The zero-order valence-electron chi connectivity index (χ0n) is 12.2. The molecule has 0 spiro atoms. The fraction of sp³-hybridized carbons (Fsp3) is 0. The molecule has 0 amide bonds. The molecule has 0 fully saturated rings. The molecule has 2 aliphatic rings. The number of rotatable bonds is 2. The van der Waals surface area contributed by atoms with E-state index < -0.39 is 0 Å². The highest BCUT2D eigenvalue weighted by Gasteiger charge is 2.34. The van der Waals surface area contributed by atoms with Gasteiger partial charge in [-0.2, -0.15) is 0 Å². The molecule has 2 aromatic rings. The Morgan fingerprint density at radius 2 is 1.48 bits per heavy atom. The first-order valence-electron chi connectivity index (χ1n) is 7.30. The Morgan fingerprint density at radius 1 is 0.783 bits per heavy atom. The molecule has 0 heterocycles. The summed E-state index contributed by atoms with van der Waals surface area (Å²) in [6, 6.07) is 16.5. The normalized spacial score (nSPS) is 15.9. The van der Waals surface area contributed by atoms with E-state index in [0.717, 1.165) is 0 Å². The lowest BCUT2D eigenvalue weighted by atomic mass is 9.81. The van der Waals surface area contributed by atoms with Gasteiger partial charge in [-0.3, -0.25) is 9.59 Å². The van der Waals surface area contributed by atoms with Crippen molar-refractivity contribution in [3.05, 3.63) is 95.1 Å². The van der Waals surface area contributed by atoms with Crippen LogP contribution in [0, 0.1) is 0 Å². The molecular formula is C20H12O3. The van der Waals surface area contributed by atoms with Crippen LogP contribution < -0.4 is 4.74 Å². The number of allylic oxidation sites excluding steroid dienone is 5. The van der Waals surface area contributed by atoms with Crippen LogP contribution in [0.15, 0.2) is 84.0 Å². The molecule has 0 radical (unpaired) electrons. The summed E-state index contributed by atoms with van der Waals surface area (Å²) in [7, 11) is 0. The number of hydrogen-bond acceptors (Lipinski definition) is 3. The van der Waals surface area contributed by atoms with Gasteiger partial charge in [-0.05, 0) is 18.2 Å². The van der Waals surface area contributed by atoms with Crippen LogP contribution in [0.2, 0.25) is 0 Å². The van der Waals surface area contributed by atoms with Crippen molar-refractivity contribution in [2.45, 2.75) is 0 Å². The lowest BCUT2D eigenvalue weighted by Crippen LogP contribution is -2.23. The van der Waals surface area contributed by atoms with Gasteiger partial charge in [0.2, 0.25) is 0 Å². The van der Waals surface area contributed by atoms with E-state index in [1.165, 1.54) is 6.08 Å². The maximum atomic E-state index is 12.7. The number of carbonyl (C=O) groups is 2. The third kappa shape index (κ3) is 2.14. The van der Waals surface area contributed by atoms with Gasteiger partial charge in [-0.15, -0.1) is 0 Å². The summed E-state index contributed by atoms with van der Waals surface area (Å²) in [5.74, 6) is 0.706. The second-order valence-corrected chi connectivity index (χ2v) is 5.30. The maximum Gasteiger partial charge on any atom is 0.194 e. The van der Waals surface area contributed by atoms with E-state index in [4.69, 9.17) is 4.74 Å². The van der Waals surface area contributed by atoms with Crippen LogP contribution in [0.5, 0.6) is 5.75 Å². The van der Waals surface area contributed by atoms with Crippen LogP contribution in [0.4, 0.5) is 0 Å². The molecule has 0 aliphatic heterocycles. The molecule has 0 saturated heterocycles. The maximum absolute atomic E-state index is 12.7. The second-order valence-electron chi connectivity index (χ2n) is 5.30.